The first-order valence-corrected chi connectivity index (χ1v) is 8.71. The van der Waals surface area contributed by atoms with Gasteiger partial charge in [-0.2, -0.15) is 0 Å². The summed E-state index contributed by atoms with van der Waals surface area (Å²) in [6, 6.07) is 3.43. The van der Waals surface area contributed by atoms with Crippen LogP contribution in [0.5, 0.6) is 11.5 Å². The number of ether oxygens (including phenoxy) is 1. The van der Waals surface area contributed by atoms with Crippen molar-refractivity contribution in [2.24, 2.45) is 5.92 Å². The largest absolute Gasteiger partial charge is 0.504 e. The maximum Gasteiger partial charge on any atom is 0.161 e. The van der Waals surface area contributed by atoms with Crippen molar-refractivity contribution in [2.75, 3.05) is 13.1 Å². The van der Waals surface area contributed by atoms with Crippen LogP contribution in [0.4, 0.5) is 0 Å². The van der Waals surface area contributed by atoms with Gasteiger partial charge in [-0.1, -0.05) is 31.4 Å². The van der Waals surface area contributed by atoms with Gasteiger partial charge in [0.15, 0.2) is 11.5 Å². The lowest BCUT2D eigenvalue weighted by molar-refractivity contribution is -0.0623. The highest BCUT2D eigenvalue weighted by Gasteiger charge is 2.34. The summed E-state index contributed by atoms with van der Waals surface area (Å²) in [4.78, 5) is 0. The second-order valence-corrected chi connectivity index (χ2v) is 6.71. The Labute approximate surface area is 138 Å². The summed E-state index contributed by atoms with van der Waals surface area (Å²) in [5, 5.41) is 23.5. The third kappa shape index (κ3) is 3.54. The van der Waals surface area contributed by atoms with Crippen LogP contribution in [0.2, 0.25) is 0 Å². The van der Waals surface area contributed by atoms with Gasteiger partial charge < -0.3 is 20.3 Å². The van der Waals surface area contributed by atoms with Crippen molar-refractivity contribution in [3.05, 3.63) is 35.9 Å². The van der Waals surface area contributed by atoms with Gasteiger partial charge in [0.2, 0.25) is 0 Å². The summed E-state index contributed by atoms with van der Waals surface area (Å²) in [5.41, 5.74) is 1.85. The molecule has 126 valence electrons. The number of hydrogen-bond acceptors (Lipinski definition) is 4. The second-order valence-electron chi connectivity index (χ2n) is 6.71. The van der Waals surface area contributed by atoms with Gasteiger partial charge in [0.05, 0.1) is 12.2 Å². The number of phenols is 2. The molecule has 1 aromatic carbocycles. The minimum Gasteiger partial charge on any atom is -0.504 e. The predicted octanol–water partition coefficient (Wildman–Crippen LogP) is 3.44. The Hall–Kier alpha value is -1.52. The monoisotopic (exact) mass is 317 g/mol. The van der Waals surface area contributed by atoms with E-state index < -0.39 is 0 Å². The molecule has 3 N–H and O–H groups in total. The molecule has 23 heavy (non-hydrogen) atoms. The Morgan fingerprint density at radius 2 is 2.00 bits per heavy atom. The molecule has 2 aliphatic rings. The van der Waals surface area contributed by atoms with Crippen LogP contribution >= 0.6 is 0 Å². The number of benzene rings is 1. The molecule has 2 atom stereocenters. The van der Waals surface area contributed by atoms with E-state index in [1.165, 1.54) is 32.1 Å². The molecule has 1 aromatic rings. The van der Waals surface area contributed by atoms with Gasteiger partial charge in [0.25, 0.3) is 0 Å². The lowest BCUT2D eigenvalue weighted by Gasteiger charge is -2.38. The van der Waals surface area contributed by atoms with Gasteiger partial charge in [-0.25, -0.2) is 0 Å². The molecule has 4 heteroatoms. The summed E-state index contributed by atoms with van der Waals surface area (Å²) in [6.45, 7) is 5.14. The smallest absolute Gasteiger partial charge is 0.161 e. The topological polar surface area (TPSA) is 61.7 Å². The van der Waals surface area contributed by atoms with Crippen LogP contribution in [0.25, 0.3) is 0 Å². The molecular formula is C19H27NO3. The van der Waals surface area contributed by atoms with Crippen LogP contribution < -0.4 is 5.32 Å². The predicted molar refractivity (Wildman–Crippen MR) is 90.7 cm³/mol. The van der Waals surface area contributed by atoms with Gasteiger partial charge >= 0.3 is 0 Å². The molecule has 0 amide bonds. The van der Waals surface area contributed by atoms with E-state index in [4.69, 9.17) is 4.74 Å². The highest BCUT2D eigenvalue weighted by atomic mass is 16.5. The number of aromatic hydroxyl groups is 2. The first kappa shape index (κ1) is 16.3. The lowest BCUT2D eigenvalue weighted by atomic mass is 9.80. The van der Waals surface area contributed by atoms with Crippen molar-refractivity contribution >= 4 is 0 Å². The zero-order valence-corrected chi connectivity index (χ0v) is 13.6. The molecule has 1 aliphatic heterocycles. The van der Waals surface area contributed by atoms with Gasteiger partial charge in [0, 0.05) is 25.1 Å². The highest BCUT2D eigenvalue weighted by molar-refractivity contribution is 5.51. The maximum atomic E-state index is 10.3. The fourth-order valence-corrected chi connectivity index (χ4v) is 3.95. The van der Waals surface area contributed by atoms with Crippen molar-refractivity contribution in [3.8, 4) is 11.5 Å². The molecule has 1 saturated carbocycles. The van der Waals surface area contributed by atoms with Crippen LogP contribution in [-0.2, 0) is 11.2 Å². The molecule has 0 saturated heterocycles. The van der Waals surface area contributed by atoms with E-state index in [0.717, 1.165) is 17.7 Å². The average Bonchev–Trinajstić information content (AvgIpc) is 2.59. The van der Waals surface area contributed by atoms with Crippen LogP contribution in [0.1, 0.15) is 49.3 Å². The zero-order chi connectivity index (χ0) is 16.2. The molecule has 3 rings (SSSR count). The summed E-state index contributed by atoms with van der Waals surface area (Å²) >= 11 is 0. The number of phenolic OH excluding ortho intramolecular Hbond substituents is 2. The minimum absolute atomic E-state index is 0.0281. The normalized spacial score (nSPS) is 25.0. The van der Waals surface area contributed by atoms with Crippen LogP contribution in [0.15, 0.2) is 24.8 Å². The Morgan fingerprint density at radius 1 is 1.22 bits per heavy atom. The molecule has 1 heterocycles. The summed E-state index contributed by atoms with van der Waals surface area (Å²) < 4.78 is 6.40. The van der Waals surface area contributed by atoms with Gasteiger partial charge in [-0.15, -0.1) is 6.58 Å². The van der Waals surface area contributed by atoms with Gasteiger partial charge in [-0.3, -0.25) is 0 Å². The van der Waals surface area contributed by atoms with Gasteiger partial charge in [-0.05, 0) is 30.4 Å². The molecule has 2 unspecified atom stereocenters. The average molecular weight is 317 g/mol. The maximum absolute atomic E-state index is 10.3. The van der Waals surface area contributed by atoms with Crippen LogP contribution in [-0.4, -0.2) is 29.4 Å². The van der Waals surface area contributed by atoms with E-state index in [1.54, 1.807) is 6.07 Å². The Balaban J connectivity index is 1.84. The van der Waals surface area contributed by atoms with Crippen molar-refractivity contribution in [1.82, 2.24) is 5.32 Å². The Morgan fingerprint density at radius 3 is 2.74 bits per heavy atom. The molecule has 1 fully saturated rings. The van der Waals surface area contributed by atoms with E-state index in [1.807, 2.05) is 12.1 Å². The number of rotatable bonds is 5. The first-order valence-electron chi connectivity index (χ1n) is 8.71. The van der Waals surface area contributed by atoms with E-state index >= 15 is 0 Å². The van der Waals surface area contributed by atoms with Crippen LogP contribution in [0.3, 0.4) is 0 Å². The molecule has 0 spiro atoms. The van der Waals surface area contributed by atoms with E-state index in [0.29, 0.717) is 18.9 Å². The van der Waals surface area contributed by atoms with E-state index in [2.05, 4.69) is 11.9 Å². The molecular weight excluding hydrogens is 290 g/mol. The van der Waals surface area contributed by atoms with Crippen molar-refractivity contribution < 1.29 is 14.9 Å². The fourth-order valence-electron chi connectivity index (χ4n) is 3.95. The van der Waals surface area contributed by atoms with Crippen LogP contribution in [0, 0.1) is 5.92 Å². The molecule has 0 aromatic heterocycles. The highest BCUT2D eigenvalue weighted by Crippen LogP contribution is 2.43. The van der Waals surface area contributed by atoms with Crippen molar-refractivity contribution in [2.45, 2.75) is 50.7 Å². The first-order chi connectivity index (χ1) is 11.2. The number of nitrogens with one attached hydrogen (secondary N) is 1. The quantitative estimate of drug-likeness (QED) is 0.442. The molecule has 4 nitrogen and oxygen atoms in total. The standard InChI is InChI=1S/C19H27NO3/c1-2-10-20-12-18-14-8-9-16(21)19(22)15(14)11-17(23-18)13-6-4-3-5-7-13/h2,8-9,13,17-18,20-22H,1,3-7,10-12H2. The minimum atomic E-state index is -0.0860. The summed E-state index contributed by atoms with van der Waals surface area (Å²) in [5.74, 6) is 0.548. The zero-order valence-electron chi connectivity index (χ0n) is 13.6. The van der Waals surface area contributed by atoms with Crippen molar-refractivity contribution in [3.63, 3.8) is 0 Å². The fraction of sp³-hybridized carbons (Fsp3) is 0.579. The van der Waals surface area contributed by atoms with Gasteiger partial charge in [0.1, 0.15) is 0 Å². The molecule has 1 aliphatic carbocycles. The number of hydrogen-bond donors (Lipinski definition) is 3. The van der Waals surface area contributed by atoms with E-state index in [-0.39, 0.29) is 23.7 Å². The lowest BCUT2D eigenvalue weighted by Crippen LogP contribution is -2.37. The third-order valence-corrected chi connectivity index (χ3v) is 5.18. The summed E-state index contributed by atoms with van der Waals surface area (Å²) in [6.07, 6.45) is 8.82. The van der Waals surface area contributed by atoms with E-state index in [9.17, 15) is 10.2 Å². The molecule has 0 bridgehead atoms. The second kappa shape index (κ2) is 7.37. The summed E-state index contributed by atoms with van der Waals surface area (Å²) in [7, 11) is 0. The third-order valence-electron chi connectivity index (χ3n) is 5.18. The number of fused-ring (bicyclic) bond motifs is 1. The Kier molecular flexibility index (Phi) is 5.23. The SMILES string of the molecule is C=CCNCC1OC(C2CCCCC2)Cc2c1ccc(O)c2O. The molecule has 0 radical (unpaired) electrons. The Bertz CT molecular complexity index is 552. The van der Waals surface area contributed by atoms with Crippen molar-refractivity contribution in [1.29, 1.82) is 0 Å².